The molecule has 2 aromatic rings. The van der Waals surface area contributed by atoms with Crippen molar-refractivity contribution in [2.24, 2.45) is 0 Å². The quantitative estimate of drug-likeness (QED) is 0.530. The molecule has 8 heteroatoms. The van der Waals surface area contributed by atoms with Gasteiger partial charge in [-0.25, -0.2) is 0 Å². The minimum absolute atomic E-state index is 0.0281. The third-order valence-corrected chi connectivity index (χ3v) is 4.68. The first-order valence-electron chi connectivity index (χ1n) is 9.51. The SMILES string of the molecule is COc1ccccc1NC(=O)[C@@H](C)OC(=O)CCCN1C(=O)c2ccccc2C1=O. The highest BCUT2D eigenvalue weighted by Gasteiger charge is 2.34. The van der Waals surface area contributed by atoms with Crippen LogP contribution in [0.2, 0.25) is 0 Å². The predicted octanol–water partition coefficient (Wildman–Crippen LogP) is 2.64. The number of ether oxygens (including phenoxy) is 2. The zero-order valence-electron chi connectivity index (χ0n) is 16.7. The Kier molecular flexibility index (Phi) is 6.46. The molecule has 1 aliphatic heterocycles. The first-order valence-corrected chi connectivity index (χ1v) is 9.51. The number of anilines is 1. The minimum atomic E-state index is -1.01. The smallest absolute Gasteiger partial charge is 0.306 e. The average molecular weight is 410 g/mol. The molecule has 30 heavy (non-hydrogen) atoms. The summed E-state index contributed by atoms with van der Waals surface area (Å²) in [6.45, 7) is 1.57. The van der Waals surface area contributed by atoms with Crippen molar-refractivity contribution >= 4 is 29.4 Å². The van der Waals surface area contributed by atoms with E-state index in [0.717, 1.165) is 4.90 Å². The van der Waals surface area contributed by atoms with E-state index in [9.17, 15) is 19.2 Å². The lowest BCUT2D eigenvalue weighted by Gasteiger charge is -2.16. The van der Waals surface area contributed by atoms with E-state index < -0.39 is 18.0 Å². The van der Waals surface area contributed by atoms with E-state index in [-0.39, 0.29) is 31.2 Å². The molecule has 0 saturated heterocycles. The van der Waals surface area contributed by atoms with Gasteiger partial charge in [0.2, 0.25) is 0 Å². The fourth-order valence-electron chi connectivity index (χ4n) is 3.12. The maximum absolute atomic E-state index is 12.3. The maximum atomic E-state index is 12.3. The van der Waals surface area contributed by atoms with Crippen LogP contribution in [-0.2, 0) is 14.3 Å². The van der Waals surface area contributed by atoms with Gasteiger partial charge in [-0.05, 0) is 37.6 Å². The van der Waals surface area contributed by atoms with E-state index in [4.69, 9.17) is 9.47 Å². The summed E-state index contributed by atoms with van der Waals surface area (Å²) in [4.78, 5) is 50.1. The normalized spacial score (nSPS) is 13.6. The summed E-state index contributed by atoms with van der Waals surface area (Å²) in [6.07, 6.45) is -0.799. The topological polar surface area (TPSA) is 102 Å². The number of carbonyl (C=O) groups excluding carboxylic acids is 4. The van der Waals surface area contributed by atoms with Crippen LogP contribution in [0.1, 0.15) is 40.5 Å². The van der Waals surface area contributed by atoms with Gasteiger partial charge in [-0.3, -0.25) is 24.1 Å². The number of esters is 1. The van der Waals surface area contributed by atoms with E-state index in [0.29, 0.717) is 22.6 Å². The summed E-state index contributed by atoms with van der Waals surface area (Å²) in [7, 11) is 1.49. The Bertz CT molecular complexity index is 952. The lowest BCUT2D eigenvalue weighted by molar-refractivity contribution is -0.153. The molecule has 1 heterocycles. The van der Waals surface area contributed by atoms with Gasteiger partial charge in [0.15, 0.2) is 6.10 Å². The van der Waals surface area contributed by atoms with E-state index in [2.05, 4.69) is 5.32 Å². The van der Waals surface area contributed by atoms with Crippen LogP contribution in [0.4, 0.5) is 5.69 Å². The summed E-state index contributed by atoms with van der Waals surface area (Å²) in [6, 6.07) is 13.5. The Balaban J connectivity index is 1.46. The molecule has 1 N–H and O–H groups in total. The Labute approximate surface area is 173 Å². The molecule has 8 nitrogen and oxygen atoms in total. The molecule has 0 unspecified atom stereocenters. The van der Waals surface area contributed by atoms with Crippen molar-refractivity contribution in [3.8, 4) is 5.75 Å². The minimum Gasteiger partial charge on any atom is -0.495 e. The number of nitrogens with zero attached hydrogens (tertiary/aromatic N) is 1. The van der Waals surface area contributed by atoms with Crippen LogP contribution in [0.3, 0.4) is 0 Å². The highest BCUT2D eigenvalue weighted by Crippen LogP contribution is 2.24. The van der Waals surface area contributed by atoms with Gasteiger partial charge in [0, 0.05) is 13.0 Å². The van der Waals surface area contributed by atoms with Crippen molar-refractivity contribution in [3.63, 3.8) is 0 Å². The van der Waals surface area contributed by atoms with Gasteiger partial charge in [0.25, 0.3) is 17.7 Å². The molecule has 0 radical (unpaired) electrons. The number of hydrogen-bond acceptors (Lipinski definition) is 6. The van der Waals surface area contributed by atoms with Gasteiger partial charge in [0.1, 0.15) is 5.75 Å². The standard InChI is InChI=1S/C22H22N2O6/c1-14(20(26)23-17-10-5-6-11-18(17)29-2)30-19(25)12-7-13-24-21(27)15-8-3-4-9-16(15)22(24)28/h3-6,8-11,14H,7,12-13H2,1-2H3,(H,23,26)/t14-/m1/s1. The molecule has 1 atom stereocenters. The molecule has 1 aliphatic rings. The van der Waals surface area contributed by atoms with Crippen LogP contribution < -0.4 is 10.1 Å². The van der Waals surface area contributed by atoms with Crippen LogP contribution in [0.25, 0.3) is 0 Å². The predicted molar refractivity (Wildman–Crippen MR) is 108 cm³/mol. The summed E-state index contributed by atoms with van der Waals surface area (Å²) in [5, 5.41) is 2.65. The van der Waals surface area contributed by atoms with Crippen molar-refractivity contribution in [3.05, 3.63) is 59.7 Å². The van der Waals surface area contributed by atoms with Gasteiger partial charge < -0.3 is 14.8 Å². The number of methoxy groups -OCH3 is 1. The fourth-order valence-corrected chi connectivity index (χ4v) is 3.12. The summed E-state index contributed by atoms with van der Waals surface area (Å²) in [5.74, 6) is -1.32. The van der Waals surface area contributed by atoms with E-state index in [1.54, 1.807) is 48.5 Å². The van der Waals surface area contributed by atoms with Crippen LogP contribution in [0, 0.1) is 0 Å². The van der Waals surface area contributed by atoms with Crippen LogP contribution in [-0.4, -0.2) is 48.3 Å². The first kappa shape index (κ1) is 21.0. The number of amides is 3. The Morgan fingerprint density at radius 1 is 1.00 bits per heavy atom. The lowest BCUT2D eigenvalue weighted by atomic mass is 10.1. The molecule has 0 spiro atoms. The molecular formula is C22H22N2O6. The monoisotopic (exact) mass is 410 g/mol. The lowest BCUT2D eigenvalue weighted by Crippen LogP contribution is -2.32. The number of fused-ring (bicyclic) bond motifs is 1. The Morgan fingerprint density at radius 3 is 2.23 bits per heavy atom. The number of imide groups is 1. The summed E-state index contributed by atoms with van der Waals surface area (Å²) >= 11 is 0. The molecule has 0 saturated carbocycles. The molecule has 3 rings (SSSR count). The van der Waals surface area contributed by atoms with Crippen molar-refractivity contribution in [2.75, 3.05) is 19.0 Å². The third-order valence-electron chi connectivity index (χ3n) is 4.68. The van der Waals surface area contributed by atoms with Crippen LogP contribution in [0.15, 0.2) is 48.5 Å². The Hall–Kier alpha value is -3.68. The number of nitrogens with one attached hydrogen (secondary N) is 1. The van der Waals surface area contributed by atoms with E-state index in [1.807, 2.05) is 0 Å². The molecule has 0 bridgehead atoms. The highest BCUT2D eigenvalue weighted by molar-refractivity contribution is 6.21. The van der Waals surface area contributed by atoms with Gasteiger partial charge in [-0.15, -0.1) is 0 Å². The number of benzene rings is 2. The van der Waals surface area contributed by atoms with Crippen LogP contribution in [0.5, 0.6) is 5.75 Å². The van der Waals surface area contributed by atoms with Crippen molar-refractivity contribution in [1.82, 2.24) is 4.90 Å². The molecular weight excluding hydrogens is 388 g/mol. The van der Waals surface area contributed by atoms with Crippen LogP contribution >= 0.6 is 0 Å². The number of rotatable bonds is 8. The number of hydrogen-bond donors (Lipinski definition) is 1. The fraction of sp³-hybridized carbons (Fsp3) is 0.273. The summed E-state index contributed by atoms with van der Waals surface area (Å²) < 4.78 is 10.3. The maximum Gasteiger partial charge on any atom is 0.306 e. The number of para-hydroxylation sites is 2. The van der Waals surface area contributed by atoms with E-state index in [1.165, 1.54) is 14.0 Å². The average Bonchev–Trinajstić information content (AvgIpc) is 2.99. The van der Waals surface area contributed by atoms with Crippen molar-refractivity contribution in [1.29, 1.82) is 0 Å². The second-order valence-corrected chi connectivity index (χ2v) is 6.73. The zero-order chi connectivity index (χ0) is 21.7. The van der Waals surface area contributed by atoms with Gasteiger partial charge >= 0.3 is 5.97 Å². The van der Waals surface area contributed by atoms with Gasteiger partial charge in [-0.1, -0.05) is 24.3 Å². The number of carbonyl (C=O) groups is 4. The van der Waals surface area contributed by atoms with E-state index >= 15 is 0 Å². The molecule has 3 amide bonds. The van der Waals surface area contributed by atoms with Crippen molar-refractivity contribution in [2.45, 2.75) is 25.9 Å². The van der Waals surface area contributed by atoms with Gasteiger partial charge in [-0.2, -0.15) is 0 Å². The molecule has 156 valence electrons. The third kappa shape index (κ3) is 4.48. The molecule has 0 aliphatic carbocycles. The molecule has 0 aromatic heterocycles. The van der Waals surface area contributed by atoms with Crippen molar-refractivity contribution < 1.29 is 28.7 Å². The van der Waals surface area contributed by atoms with Gasteiger partial charge in [0.05, 0.1) is 23.9 Å². The second-order valence-electron chi connectivity index (χ2n) is 6.73. The first-order chi connectivity index (χ1) is 14.4. The molecule has 0 fully saturated rings. The summed E-state index contributed by atoms with van der Waals surface area (Å²) in [5.41, 5.74) is 1.21. The second kappa shape index (κ2) is 9.21. The molecule has 2 aromatic carbocycles. The largest absolute Gasteiger partial charge is 0.495 e. The Morgan fingerprint density at radius 2 is 1.60 bits per heavy atom. The zero-order valence-corrected chi connectivity index (χ0v) is 16.7. The highest BCUT2D eigenvalue weighted by atomic mass is 16.5.